The number of nitrogens with zero attached hydrogens (tertiary/aromatic N) is 2. The van der Waals surface area contributed by atoms with Gasteiger partial charge in [0.15, 0.2) is 17.5 Å². The zero-order chi connectivity index (χ0) is 19.5. The van der Waals surface area contributed by atoms with Gasteiger partial charge in [-0.2, -0.15) is 0 Å². The van der Waals surface area contributed by atoms with Crippen molar-refractivity contribution in [2.24, 2.45) is 10.9 Å². The molecule has 1 aromatic carbocycles. The molecule has 0 amide bonds. The Balaban J connectivity index is 1.91. The molecule has 1 atom stereocenters. The fourth-order valence-corrected chi connectivity index (χ4v) is 3.06. The van der Waals surface area contributed by atoms with Crippen molar-refractivity contribution in [2.45, 2.75) is 26.8 Å². The number of guanidine groups is 1. The molecule has 1 aliphatic heterocycles. The number of ether oxygens (including phenoxy) is 3. The average molecular weight is 381 g/mol. The molecule has 6 nitrogen and oxygen atoms in total. The largest absolute Gasteiger partial charge is 0.491 e. The predicted octanol–water partition coefficient (Wildman–Crippen LogP) is 2.67. The lowest BCUT2D eigenvalue weighted by Gasteiger charge is -2.21. The van der Waals surface area contributed by atoms with Gasteiger partial charge >= 0.3 is 0 Å². The summed E-state index contributed by atoms with van der Waals surface area (Å²) in [5, 5.41) is 3.33. The molecule has 2 rings (SSSR count). The standard InChI is InChI=1S/C20H32FN3O3/c1-4-22-20(24-9-8-17(14-24)15-26-11-10-25-3)23-13-16-6-7-19(27-5-2)18(21)12-16/h6-7,12,17H,4-5,8-11,13-15H2,1-3H3,(H,22,23). The van der Waals surface area contributed by atoms with Crippen LogP contribution < -0.4 is 10.1 Å². The van der Waals surface area contributed by atoms with Crippen LogP contribution in [0.4, 0.5) is 4.39 Å². The van der Waals surface area contributed by atoms with Crippen LogP contribution in [0.25, 0.3) is 0 Å². The van der Waals surface area contributed by atoms with Gasteiger partial charge in [0.05, 0.1) is 33.0 Å². The Morgan fingerprint density at radius 1 is 1.33 bits per heavy atom. The molecule has 0 bridgehead atoms. The third-order valence-corrected chi connectivity index (χ3v) is 4.41. The first-order chi connectivity index (χ1) is 13.2. The van der Waals surface area contributed by atoms with Crippen molar-refractivity contribution < 1.29 is 18.6 Å². The van der Waals surface area contributed by atoms with E-state index in [1.807, 2.05) is 19.9 Å². The van der Waals surface area contributed by atoms with Crippen LogP contribution in [-0.4, -0.2) is 64.0 Å². The van der Waals surface area contributed by atoms with E-state index < -0.39 is 0 Å². The maximum absolute atomic E-state index is 14.0. The second-order valence-electron chi connectivity index (χ2n) is 6.54. The van der Waals surface area contributed by atoms with Gasteiger partial charge in [-0.05, 0) is 38.0 Å². The van der Waals surface area contributed by atoms with Crippen molar-refractivity contribution >= 4 is 5.96 Å². The smallest absolute Gasteiger partial charge is 0.194 e. The van der Waals surface area contributed by atoms with Gasteiger partial charge in [-0.25, -0.2) is 9.38 Å². The van der Waals surface area contributed by atoms with E-state index in [1.54, 1.807) is 13.2 Å². The lowest BCUT2D eigenvalue weighted by Crippen LogP contribution is -2.40. The molecule has 1 N–H and O–H groups in total. The number of likely N-dealkylation sites (tertiary alicyclic amines) is 1. The normalized spacial score (nSPS) is 17.4. The van der Waals surface area contributed by atoms with Crippen LogP contribution in [0.5, 0.6) is 5.75 Å². The monoisotopic (exact) mass is 381 g/mol. The number of benzene rings is 1. The summed E-state index contributed by atoms with van der Waals surface area (Å²) in [6.07, 6.45) is 1.08. The number of methoxy groups -OCH3 is 1. The highest BCUT2D eigenvalue weighted by Crippen LogP contribution is 2.20. The van der Waals surface area contributed by atoms with E-state index in [1.165, 1.54) is 6.07 Å². The van der Waals surface area contributed by atoms with E-state index >= 15 is 0 Å². The number of nitrogens with one attached hydrogen (secondary N) is 1. The van der Waals surface area contributed by atoms with Gasteiger partial charge in [0, 0.05) is 32.7 Å². The summed E-state index contributed by atoms with van der Waals surface area (Å²) >= 11 is 0. The summed E-state index contributed by atoms with van der Waals surface area (Å²) in [7, 11) is 1.68. The third kappa shape index (κ3) is 6.99. The van der Waals surface area contributed by atoms with Gasteiger partial charge in [-0.1, -0.05) is 6.07 Å². The van der Waals surface area contributed by atoms with Crippen molar-refractivity contribution in [3.8, 4) is 5.75 Å². The Morgan fingerprint density at radius 2 is 2.19 bits per heavy atom. The Kier molecular flexibility index (Phi) is 9.35. The molecule has 0 spiro atoms. The number of hydrogen-bond acceptors (Lipinski definition) is 4. The molecular formula is C20H32FN3O3. The van der Waals surface area contributed by atoms with Crippen molar-refractivity contribution in [2.75, 3.05) is 53.2 Å². The fraction of sp³-hybridized carbons (Fsp3) is 0.650. The minimum atomic E-state index is -0.344. The maximum atomic E-state index is 14.0. The number of hydrogen-bond donors (Lipinski definition) is 1. The van der Waals surface area contributed by atoms with Crippen LogP contribution in [0.3, 0.4) is 0 Å². The Morgan fingerprint density at radius 3 is 2.89 bits per heavy atom. The quantitative estimate of drug-likeness (QED) is 0.384. The van der Waals surface area contributed by atoms with E-state index in [2.05, 4.69) is 15.2 Å². The van der Waals surface area contributed by atoms with Crippen molar-refractivity contribution in [3.63, 3.8) is 0 Å². The highest BCUT2D eigenvalue weighted by Gasteiger charge is 2.25. The van der Waals surface area contributed by atoms with Gasteiger partial charge in [0.2, 0.25) is 0 Å². The second kappa shape index (κ2) is 11.8. The molecule has 1 aromatic rings. The molecule has 7 heteroatoms. The Bertz CT molecular complexity index is 598. The predicted molar refractivity (Wildman–Crippen MR) is 105 cm³/mol. The fourth-order valence-electron chi connectivity index (χ4n) is 3.06. The van der Waals surface area contributed by atoms with Crippen molar-refractivity contribution in [3.05, 3.63) is 29.6 Å². The van der Waals surface area contributed by atoms with Crippen LogP contribution in [0.2, 0.25) is 0 Å². The SMILES string of the molecule is CCNC(=NCc1ccc(OCC)c(F)c1)N1CCC(COCCOC)C1. The lowest BCUT2D eigenvalue weighted by molar-refractivity contribution is 0.0536. The summed E-state index contributed by atoms with van der Waals surface area (Å²) in [6, 6.07) is 5.02. The molecule has 0 radical (unpaired) electrons. The van der Waals surface area contributed by atoms with Crippen LogP contribution in [-0.2, 0) is 16.0 Å². The molecular weight excluding hydrogens is 349 g/mol. The van der Waals surface area contributed by atoms with Crippen LogP contribution in [0.1, 0.15) is 25.8 Å². The topological polar surface area (TPSA) is 55.3 Å². The molecule has 1 saturated heterocycles. The van der Waals surface area contributed by atoms with E-state index in [4.69, 9.17) is 14.2 Å². The van der Waals surface area contributed by atoms with Crippen LogP contribution in [0.15, 0.2) is 23.2 Å². The average Bonchev–Trinajstić information content (AvgIpc) is 3.13. The Labute approximate surface area is 161 Å². The molecule has 0 aromatic heterocycles. The van der Waals surface area contributed by atoms with Gasteiger partial charge in [-0.15, -0.1) is 0 Å². The number of rotatable bonds is 10. The van der Waals surface area contributed by atoms with Gasteiger partial charge in [0.25, 0.3) is 0 Å². The molecule has 0 aliphatic carbocycles. The van der Waals surface area contributed by atoms with Gasteiger partial charge < -0.3 is 24.4 Å². The molecule has 27 heavy (non-hydrogen) atoms. The van der Waals surface area contributed by atoms with E-state index in [9.17, 15) is 4.39 Å². The van der Waals surface area contributed by atoms with Gasteiger partial charge in [-0.3, -0.25) is 0 Å². The highest BCUT2D eigenvalue weighted by atomic mass is 19.1. The summed E-state index contributed by atoms with van der Waals surface area (Å²) in [5.74, 6) is 1.30. The van der Waals surface area contributed by atoms with E-state index in [0.717, 1.165) is 44.2 Å². The summed E-state index contributed by atoms with van der Waals surface area (Å²) < 4.78 is 29.9. The van der Waals surface area contributed by atoms with Gasteiger partial charge in [0.1, 0.15) is 0 Å². The zero-order valence-electron chi connectivity index (χ0n) is 16.7. The molecule has 0 saturated carbocycles. The number of aliphatic imine (C=N–C) groups is 1. The Hall–Kier alpha value is -1.86. The first-order valence-electron chi connectivity index (χ1n) is 9.69. The second-order valence-corrected chi connectivity index (χ2v) is 6.54. The summed E-state index contributed by atoms with van der Waals surface area (Å²) in [6.45, 7) is 9.41. The van der Waals surface area contributed by atoms with E-state index in [-0.39, 0.29) is 11.6 Å². The first-order valence-corrected chi connectivity index (χ1v) is 9.69. The molecule has 1 heterocycles. The van der Waals surface area contributed by atoms with E-state index in [0.29, 0.717) is 32.3 Å². The minimum absolute atomic E-state index is 0.285. The zero-order valence-corrected chi connectivity index (χ0v) is 16.7. The first kappa shape index (κ1) is 21.4. The third-order valence-electron chi connectivity index (χ3n) is 4.41. The van der Waals surface area contributed by atoms with Crippen molar-refractivity contribution in [1.82, 2.24) is 10.2 Å². The van der Waals surface area contributed by atoms with Crippen LogP contribution in [0, 0.1) is 11.7 Å². The highest BCUT2D eigenvalue weighted by molar-refractivity contribution is 5.80. The maximum Gasteiger partial charge on any atom is 0.194 e. The molecule has 152 valence electrons. The number of halogens is 1. The minimum Gasteiger partial charge on any atom is -0.491 e. The summed E-state index contributed by atoms with van der Waals surface area (Å²) in [4.78, 5) is 6.94. The van der Waals surface area contributed by atoms with Crippen molar-refractivity contribution in [1.29, 1.82) is 0 Å². The molecule has 1 unspecified atom stereocenters. The van der Waals surface area contributed by atoms with Crippen LogP contribution >= 0.6 is 0 Å². The lowest BCUT2D eigenvalue weighted by atomic mass is 10.1. The molecule has 1 fully saturated rings. The summed E-state index contributed by atoms with van der Waals surface area (Å²) in [5.41, 5.74) is 0.824. The molecule has 1 aliphatic rings.